The first-order chi connectivity index (χ1) is 10.7. The van der Waals surface area contributed by atoms with Gasteiger partial charge in [0.15, 0.2) is 0 Å². The Morgan fingerprint density at radius 1 is 1.22 bits per heavy atom. The number of carboxylic acids is 1. The lowest BCUT2D eigenvalue weighted by Crippen LogP contribution is -2.53. The Morgan fingerprint density at radius 2 is 1.91 bits per heavy atom. The van der Waals surface area contributed by atoms with Crippen LogP contribution in [-0.4, -0.2) is 28.1 Å². The van der Waals surface area contributed by atoms with E-state index in [1.54, 1.807) is 0 Å². The Balaban J connectivity index is 1.90. The summed E-state index contributed by atoms with van der Waals surface area (Å²) in [7, 11) is 0. The molecule has 3 fully saturated rings. The first kappa shape index (κ1) is 16.9. The van der Waals surface area contributed by atoms with E-state index in [4.69, 9.17) is 0 Å². The molecule has 0 unspecified atom stereocenters. The summed E-state index contributed by atoms with van der Waals surface area (Å²) < 4.78 is 0. The summed E-state index contributed by atoms with van der Waals surface area (Å²) in [6.07, 6.45) is 5.24. The third-order valence-corrected chi connectivity index (χ3v) is 7.77. The summed E-state index contributed by atoms with van der Waals surface area (Å²) in [5, 5.41) is 19.5. The molecule has 2 N–H and O–H groups in total. The van der Waals surface area contributed by atoms with Gasteiger partial charge in [0, 0.05) is 11.8 Å². The number of aliphatic hydroxyl groups excluding tert-OH is 1. The van der Waals surface area contributed by atoms with Crippen LogP contribution in [0.4, 0.5) is 0 Å². The van der Waals surface area contributed by atoms with Gasteiger partial charge in [-0.25, -0.2) is 0 Å². The van der Waals surface area contributed by atoms with E-state index in [2.05, 4.69) is 6.92 Å². The minimum absolute atomic E-state index is 0.0315. The van der Waals surface area contributed by atoms with E-state index in [-0.39, 0.29) is 29.6 Å². The number of hydrogen-bond acceptors (Lipinski definition) is 3. The van der Waals surface area contributed by atoms with E-state index in [9.17, 15) is 19.8 Å². The molecule has 0 bridgehead atoms. The maximum absolute atomic E-state index is 12.5. The molecule has 3 saturated carbocycles. The molecule has 0 radical (unpaired) electrons. The lowest BCUT2D eigenvalue weighted by Gasteiger charge is -2.55. The van der Waals surface area contributed by atoms with Crippen LogP contribution in [0.3, 0.4) is 0 Å². The second-order valence-corrected chi connectivity index (χ2v) is 8.80. The van der Waals surface area contributed by atoms with E-state index < -0.39 is 11.4 Å². The van der Waals surface area contributed by atoms with Crippen LogP contribution in [-0.2, 0) is 9.59 Å². The minimum atomic E-state index is -0.858. The van der Waals surface area contributed by atoms with Gasteiger partial charge in [0.05, 0.1) is 12.5 Å². The van der Waals surface area contributed by atoms with Crippen LogP contribution in [0.2, 0.25) is 0 Å². The topological polar surface area (TPSA) is 74.6 Å². The van der Waals surface area contributed by atoms with E-state index in [0.717, 1.165) is 32.1 Å². The second kappa shape index (κ2) is 5.58. The molecule has 0 aliphatic heterocycles. The third-order valence-electron chi connectivity index (χ3n) is 7.77. The maximum atomic E-state index is 12.5. The van der Waals surface area contributed by atoms with Crippen molar-refractivity contribution in [2.45, 2.75) is 71.8 Å². The van der Waals surface area contributed by atoms with Crippen molar-refractivity contribution in [3.8, 4) is 0 Å². The summed E-state index contributed by atoms with van der Waals surface area (Å²) >= 11 is 0. The van der Waals surface area contributed by atoms with Crippen LogP contribution in [0.15, 0.2) is 0 Å². The Morgan fingerprint density at radius 3 is 2.52 bits per heavy atom. The Hall–Kier alpha value is -0.900. The molecule has 0 amide bonds. The number of carbonyl (C=O) groups is 2. The predicted octanol–water partition coefficient (Wildman–Crippen LogP) is 3.27. The normalized spacial score (nSPS) is 47.7. The van der Waals surface area contributed by atoms with Crippen molar-refractivity contribution in [3.63, 3.8) is 0 Å². The summed E-state index contributed by atoms with van der Waals surface area (Å²) in [6, 6.07) is 0. The number of carbonyl (C=O) groups excluding carboxylic acids is 1. The SMILES string of the molecule is C[C@H](O)[C@H]1CC[C@H]2[C@@H]3CCC(=O)[C@@](C)(CC(=O)O)[C@@H]3CC[C@]12C. The number of ketones is 1. The first-order valence-electron chi connectivity index (χ1n) is 9.13. The van der Waals surface area contributed by atoms with Crippen molar-refractivity contribution in [1.29, 1.82) is 0 Å². The molecule has 0 spiro atoms. The zero-order valence-corrected chi connectivity index (χ0v) is 14.5. The van der Waals surface area contributed by atoms with Crippen molar-refractivity contribution in [3.05, 3.63) is 0 Å². The van der Waals surface area contributed by atoms with Gasteiger partial charge in [-0.05, 0) is 68.1 Å². The lowest BCUT2D eigenvalue weighted by atomic mass is 9.48. The molecule has 0 aromatic carbocycles. The highest BCUT2D eigenvalue weighted by Crippen LogP contribution is 2.64. The van der Waals surface area contributed by atoms with Gasteiger partial charge in [-0.15, -0.1) is 0 Å². The van der Waals surface area contributed by atoms with Crippen LogP contribution in [0.25, 0.3) is 0 Å². The molecular formula is C19H30O4. The molecule has 4 nitrogen and oxygen atoms in total. The van der Waals surface area contributed by atoms with Gasteiger partial charge in [0.1, 0.15) is 5.78 Å². The van der Waals surface area contributed by atoms with Crippen LogP contribution in [0, 0.1) is 34.5 Å². The molecule has 7 atom stereocenters. The van der Waals surface area contributed by atoms with Gasteiger partial charge in [-0.2, -0.15) is 0 Å². The third kappa shape index (κ3) is 2.45. The van der Waals surface area contributed by atoms with Crippen LogP contribution >= 0.6 is 0 Å². The fourth-order valence-electron chi connectivity index (χ4n) is 6.65. The van der Waals surface area contributed by atoms with Gasteiger partial charge in [0.25, 0.3) is 0 Å². The van der Waals surface area contributed by atoms with Gasteiger partial charge in [-0.1, -0.05) is 13.8 Å². The molecule has 0 aromatic rings. The van der Waals surface area contributed by atoms with Crippen LogP contribution in [0.5, 0.6) is 0 Å². The molecule has 0 heterocycles. The number of carboxylic acid groups (broad SMARTS) is 1. The van der Waals surface area contributed by atoms with Crippen molar-refractivity contribution < 1.29 is 19.8 Å². The number of rotatable bonds is 3. The average molecular weight is 322 g/mol. The minimum Gasteiger partial charge on any atom is -0.481 e. The molecule has 3 rings (SSSR count). The summed E-state index contributed by atoms with van der Waals surface area (Å²) in [4.78, 5) is 23.9. The van der Waals surface area contributed by atoms with Gasteiger partial charge < -0.3 is 10.2 Å². The van der Waals surface area contributed by atoms with Crippen molar-refractivity contribution >= 4 is 11.8 Å². The van der Waals surface area contributed by atoms with Gasteiger partial charge in [-0.3, -0.25) is 9.59 Å². The molecule has 130 valence electrons. The average Bonchev–Trinajstić information content (AvgIpc) is 2.79. The highest BCUT2D eigenvalue weighted by Gasteiger charge is 2.60. The molecule has 23 heavy (non-hydrogen) atoms. The fourth-order valence-corrected chi connectivity index (χ4v) is 6.65. The predicted molar refractivity (Wildman–Crippen MR) is 86.8 cm³/mol. The summed E-state index contributed by atoms with van der Waals surface area (Å²) in [5.74, 6) is 0.807. The Bertz CT molecular complexity index is 513. The summed E-state index contributed by atoms with van der Waals surface area (Å²) in [6.45, 7) is 6.12. The molecule has 3 aliphatic carbocycles. The maximum Gasteiger partial charge on any atom is 0.304 e. The zero-order valence-electron chi connectivity index (χ0n) is 14.5. The van der Waals surface area contributed by atoms with Gasteiger partial charge >= 0.3 is 5.97 Å². The fraction of sp³-hybridized carbons (Fsp3) is 0.895. The monoisotopic (exact) mass is 322 g/mol. The number of aliphatic carboxylic acids is 1. The van der Waals surface area contributed by atoms with E-state index in [0.29, 0.717) is 24.2 Å². The quantitative estimate of drug-likeness (QED) is 0.836. The number of Topliss-reactive ketones (excluding diaryl/α,β-unsaturated/α-hetero) is 1. The largest absolute Gasteiger partial charge is 0.481 e. The van der Waals surface area contributed by atoms with Crippen molar-refractivity contribution in [2.24, 2.45) is 34.5 Å². The van der Waals surface area contributed by atoms with Crippen LogP contribution in [0.1, 0.15) is 65.7 Å². The van der Waals surface area contributed by atoms with E-state index in [1.165, 1.54) is 0 Å². The molecule has 4 heteroatoms. The molecule has 3 aliphatic rings. The standard InChI is InChI=1S/C19H30O4/c1-11(20)13-5-6-14-12-4-7-16(21)19(3,10-17(22)23)15(12)8-9-18(13,14)2/h11-15,20H,4-10H2,1-3H3,(H,22,23)/t11-,12-,13+,14-,15+,18+,19-/m0/s1. The van der Waals surface area contributed by atoms with Crippen molar-refractivity contribution in [2.75, 3.05) is 0 Å². The van der Waals surface area contributed by atoms with Gasteiger partial charge in [0.2, 0.25) is 0 Å². The molecular weight excluding hydrogens is 292 g/mol. The summed E-state index contributed by atoms with van der Waals surface area (Å²) in [5.41, 5.74) is -0.543. The van der Waals surface area contributed by atoms with Crippen LogP contribution < -0.4 is 0 Å². The second-order valence-electron chi connectivity index (χ2n) is 8.80. The highest BCUT2D eigenvalue weighted by molar-refractivity contribution is 5.89. The zero-order chi connectivity index (χ0) is 17.0. The van der Waals surface area contributed by atoms with Crippen molar-refractivity contribution in [1.82, 2.24) is 0 Å². The number of fused-ring (bicyclic) bond motifs is 3. The first-order valence-corrected chi connectivity index (χ1v) is 9.13. The number of aliphatic hydroxyl groups is 1. The number of hydrogen-bond donors (Lipinski definition) is 2. The smallest absolute Gasteiger partial charge is 0.304 e. The molecule has 0 saturated heterocycles. The Labute approximate surface area is 138 Å². The molecule has 0 aromatic heterocycles. The lowest BCUT2D eigenvalue weighted by molar-refractivity contribution is -0.156. The Kier molecular flexibility index (Phi) is 4.11. The highest BCUT2D eigenvalue weighted by atomic mass is 16.4. The van der Waals surface area contributed by atoms with E-state index in [1.807, 2.05) is 13.8 Å². The van der Waals surface area contributed by atoms with E-state index >= 15 is 0 Å².